The molecule has 0 bridgehead atoms. The van der Waals surface area contributed by atoms with E-state index < -0.39 is 0 Å². The minimum absolute atomic E-state index is 0. The summed E-state index contributed by atoms with van der Waals surface area (Å²) in [6.45, 7) is 3.38. The van der Waals surface area contributed by atoms with Crippen molar-refractivity contribution in [3.05, 3.63) is 34.9 Å². The number of guanidine groups is 1. The molecule has 2 N–H and O–H groups in total. The molecule has 6 heteroatoms. The second kappa shape index (κ2) is 9.98. The lowest BCUT2D eigenvalue weighted by atomic mass is 9.96. The highest BCUT2D eigenvalue weighted by Crippen LogP contribution is 2.48. The van der Waals surface area contributed by atoms with Crippen molar-refractivity contribution >= 4 is 41.5 Å². The zero-order valence-electron chi connectivity index (χ0n) is 16.9. The zero-order valence-corrected chi connectivity index (χ0v) is 20.0. The molecule has 28 heavy (non-hydrogen) atoms. The Labute approximate surface area is 191 Å². The highest BCUT2D eigenvalue weighted by Gasteiger charge is 2.44. The number of hydrogen-bond donors (Lipinski definition) is 2. The van der Waals surface area contributed by atoms with Crippen LogP contribution in [-0.4, -0.2) is 49.6 Å². The predicted octanol–water partition coefficient (Wildman–Crippen LogP) is 4.56. The van der Waals surface area contributed by atoms with E-state index in [1.807, 2.05) is 13.1 Å². The number of nitrogens with zero attached hydrogens (tertiary/aromatic N) is 2. The third-order valence-electron chi connectivity index (χ3n) is 6.82. The SMILES string of the molecule is CN=C(NCC1(c2cccc(Cl)c2)CC1)NC1CCN(C2CCCC2)CC1.I. The van der Waals surface area contributed by atoms with Gasteiger partial charge in [0, 0.05) is 49.2 Å². The van der Waals surface area contributed by atoms with Gasteiger partial charge in [-0.2, -0.15) is 0 Å². The van der Waals surface area contributed by atoms with Crippen LogP contribution in [-0.2, 0) is 5.41 Å². The Hall–Kier alpha value is -0.530. The van der Waals surface area contributed by atoms with E-state index in [0.717, 1.165) is 23.6 Å². The summed E-state index contributed by atoms with van der Waals surface area (Å²) in [7, 11) is 1.88. The van der Waals surface area contributed by atoms with Crippen LogP contribution in [0, 0.1) is 0 Å². The fourth-order valence-corrected chi connectivity index (χ4v) is 5.05. The van der Waals surface area contributed by atoms with Crippen molar-refractivity contribution in [1.82, 2.24) is 15.5 Å². The first-order valence-corrected chi connectivity index (χ1v) is 11.0. The first-order chi connectivity index (χ1) is 13.2. The van der Waals surface area contributed by atoms with Crippen molar-refractivity contribution in [2.24, 2.45) is 4.99 Å². The van der Waals surface area contributed by atoms with Crippen LogP contribution < -0.4 is 10.6 Å². The minimum Gasteiger partial charge on any atom is -0.356 e. The van der Waals surface area contributed by atoms with Crippen molar-refractivity contribution in [1.29, 1.82) is 0 Å². The summed E-state index contributed by atoms with van der Waals surface area (Å²) >= 11 is 6.20. The molecule has 4 nitrogen and oxygen atoms in total. The topological polar surface area (TPSA) is 39.7 Å². The van der Waals surface area contributed by atoms with E-state index >= 15 is 0 Å². The normalized spacial score (nSPS) is 23.3. The fourth-order valence-electron chi connectivity index (χ4n) is 4.86. The molecular weight excluding hydrogens is 483 g/mol. The summed E-state index contributed by atoms with van der Waals surface area (Å²) in [6.07, 6.45) is 10.5. The number of rotatable bonds is 5. The van der Waals surface area contributed by atoms with Gasteiger partial charge in [-0.1, -0.05) is 36.6 Å². The summed E-state index contributed by atoms with van der Waals surface area (Å²) in [6, 6.07) is 9.72. The number of hydrogen-bond acceptors (Lipinski definition) is 2. The number of benzene rings is 1. The van der Waals surface area contributed by atoms with Crippen molar-refractivity contribution < 1.29 is 0 Å². The van der Waals surface area contributed by atoms with Gasteiger partial charge in [-0.25, -0.2) is 0 Å². The second-order valence-electron chi connectivity index (χ2n) is 8.61. The van der Waals surface area contributed by atoms with E-state index in [-0.39, 0.29) is 29.4 Å². The van der Waals surface area contributed by atoms with Crippen molar-refractivity contribution in [3.63, 3.8) is 0 Å². The quantitative estimate of drug-likeness (QED) is 0.342. The monoisotopic (exact) mass is 516 g/mol. The Kier molecular flexibility index (Phi) is 7.90. The maximum absolute atomic E-state index is 6.20. The summed E-state index contributed by atoms with van der Waals surface area (Å²) in [5.74, 6) is 0.947. The molecule has 1 heterocycles. The highest BCUT2D eigenvalue weighted by molar-refractivity contribution is 14.0. The van der Waals surface area contributed by atoms with Gasteiger partial charge in [-0.15, -0.1) is 24.0 Å². The molecule has 0 spiro atoms. The maximum Gasteiger partial charge on any atom is 0.191 e. The summed E-state index contributed by atoms with van der Waals surface area (Å²) in [5, 5.41) is 8.08. The van der Waals surface area contributed by atoms with E-state index in [1.165, 1.54) is 70.0 Å². The van der Waals surface area contributed by atoms with Crippen LogP contribution >= 0.6 is 35.6 Å². The maximum atomic E-state index is 6.20. The molecule has 0 radical (unpaired) electrons. The molecule has 0 aromatic heterocycles. The van der Waals surface area contributed by atoms with Gasteiger partial charge in [-0.05, 0) is 56.2 Å². The van der Waals surface area contributed by atoms with E-state index in [0.29, 0.717) is 6.04 Å². The number of likely N-dealkylation sites (tertiary alicyclic amines) is 1. The largest absolute Gasteiger partial charge is 0.356 e. The van der Waals surface area contributed by atoms with Crippen molar-refractivity contribution in [3.8, 4) is 0 Å². The fraction of sp³-hybridized carbons (Fsp3) is 0.682. The third-order valence-corrected chi connectivity index (χ3v) is 7.05. The molecule has 3 aliphatic rings. The Bertz CT molecular complexity index is 662. The van der Waals surface area contributed by atoms with E-state index in [4.69, 9.17) is 11.6 Å². The van der Waals surface area contributed by atoms with Gasteiger partial charge in [0.15, 0.2) is 5.96 Å². The second-order valence-corrected chi connectivity index (χ2v) is 9.05. The molecule has 2 saturated carbocycles. The van der Waals surface area contributed by atoms with Crippen LogP contribution in [0.25, 0.3) is 0 Å². The molecule has 0 amide bonds. The lowest BCUT2D eigenvalue weighted by molar-refractivity contribution is 0.150. The number of nitrogens with one attached hydrogen (secondary N) is 2. The van der Waals surface area contributed by atoms with Crippen LogP contribution in [0.4, 0.5) is 0 Å². The van der Waals surface area contributed by atoms with Gasteiger partial charge < -0.3 is 15.5 Å². The summed E-state index contributed by atoms with van der Waals surface area (Å²) in [4.78, 5) is 7.20. The van der Waals surface area contributed by atoms with Crippen LogP contribution in [0.15, 0.2) is 29.3 Å². The molecule has 1 saturated heterocycles. The molecule has 0 unspecified atom stereocenters. The molecule has 1 aromatic rings. The molecular formula is C22H34ClIN4. The van der Waals surface area contributed by atoms with Crippen molar-refractivity contribution in [2.45, 2.75) is 68.9 Å². The van der Waals surface area contributed by atoms with Gasteiger partial charge in [0.1, 0.15) is 0 Å². The highest BCUT2D eigenvalue weighted by atomic mass is 127. The van der Waals surface area contributed by atoms with Gasteiger partial charge >= 0.3 is 0 Å². The molecule has 4 rings (SSSR count). The average molecular weight is 517 g/mol. The third kappa shape index (κ3) is 5.33. The number of halogens is 2. The standard InChI is InChI=1S/C22H33ClN4.HI/c1-24-21(25-16-22(11-12-22)17-5-4-6-18(23)15-17)26-19-9-13-27(14-10-19)20-7-2-3-8-20;/h4-6,15,19-20H,2-3,7-14,16H2,1H3,(H2,24,25,26);1H. The van der Waals surface area contributed by atoms with E-state index in [9.17, 15) is 0 Å². The van der Waals surface area contributed by atoms with Crippen LogP contribution in [0.3, 0.4) is 0 Å². The van der Waals surface area contributed by atoms with E-state index in [2.05, 4.69) is 38.7 Å². The Morgan fingerprint density at radius 3 is 2.50 bits per heavy atom. The summed E-state index contributed by atoms with van der Waals surface area (Å²) < 4.78 is 0. The molecule has 0 atom stereocenters. The summed E-state index contributed by atoms with van der Waals surface area (Å²) in [5.41, 5.74) is 1.58. The molecule has 2 aliphatic carbocycles. The average Bonchev–Trinajstić information content (AvgIpc) is 3.29. The predicted molar refractivity (Wildman–Crippen MR) is 129 cm³/mol. The first-order valence-electron chi connectivity index (χ1n) is 10.7. The van der Waals surface area contributed by atoms with Crippen LogP contribution in [0.1, 0.15) is 56.9 Å². The minimum atomic E-state index is 0. The molecule has 1 aliphatic heterocycles. The van der Waals surface area contributed by atoms with Crippen molar-refractivity contribution in [2.75, 3.05) is 26.7 Å². The van der Waals surface area contributed by atoms with Gasteiger partial charge in [-0.3, -0.25) is 4.99 Å². The number of aliphatic imine (C=N–C) groups is 1. The van der Waals surface area contributed by atoms with Crippen LogP contribution in [0.2, 0.25) is 5.02 Å². The zero-order chi connectivity index (χ0) is 18.7. The number of piperidine rings is 1. The lowest BCUT2D eigenvalue weighted by Gasteiger charge is -2.36. The van der Waals surface area contributed by atoms with Gasteiger partial charge in [0.25, 0.3) is 0 Å². The Balaban J connectivity index is 0.00000225. The van der Waals surface area contributed by atoms with Gasteiger partial charge in [0.2, 0.25) is 0 Å². The molecule has 3 fully saturated rings. The Morgan fingerprint density at radius 1 is 1.18 bits per heavy atom. The molecule has 1 aromatic carbocycles. The Morgan fingerprint density at radius 2 is 1.89 bits per heavy atom. The molecule has 156 valence electrons. The van der Waals surface area contributed by atoms with E-state index in [1.54, 1.807) is 0 Å². The van der Waals surface area contributed by atoms with Gasteiger partial charge in [0.05, 0.1) is 0 Å². The first kappa shape index (κ1) is 22.2. The smallest absolute Gasteiger partial charge is 0.191 e. The lowest BCUT2D eigenvalue weighted by Crippen LogP contribution is -2.51. The van der Waals surface area contributed by atoms with Crippen LogP contribution in [0.5, 0.6) is 0 Å².